The van der Waals surface area contributed by atoms with E-state index < -0.39 is 0 Å². The molecule has 0 saturated carbocycles. The average Bonchev–Trinajstić information content (AvgIpc) is 3.15. The van der Waals surface area contributed by atoms with E-state index >= 15 is 0 Å². The number of benzene rings is 1. The van der Waals surface area contributed by atoms with Crippen molar-refractivity contribution < 1.29 is 9.26 Å². The van der Waals surface area contributed by atoms with Gasteiger partial charge in [0.25, 0.3) is 5.89 Å². The second-order valence-corrected chi connectivity index (χ2v) is 5.59. The number of hydrogen-bond acceptors (Lipinski definition) is 6. The summed E-state index contributed by atoms with van der Waals surface area (Å²) < 4.78 is 11.2. The number of nitrogens with zero attached hydrogens (tertiary/aromatic N) is 2. The van der Waals surface area contributed by atoms with Gasteiger partial charge in [-0.25, -0.2) is 0 Å². The molecule has 21 heavy (non-hydrogen) atoms. The maximum Gasteiger partial charge on any atom is 0.262 e. The lowest BCUT2D eigenvalue weighted by molar-refractivity contribution is 0.322. The summed E-state index contributed by atoms with van der Waals surface area (Å²) >= 11 is 1.63. The summed E-state index contributed by atoms with van der Waals surface area (Å²) in [6.07, 6.45) is 0. The van der Waals surface area contributed by atoms with Crippen LogP contribution in [-0.4, -0.2) is 23.3 Å². The van der Waals surface area contributed by atoms with Crippen molar-refractivity contribution in [1.29, 1.82) is 0 Å². The minimum atomic E-state index is 0.483. The number of aryl methyl sites for hydroxylation is 1. The molecule has 0 amide bonds. The smallest absolute Gasteiger partial charge is 0.262 e. The molecule has 4 rings (SSSR count). The third-order valence-corrected chi connectivity index (χ3v) is 4.29. The van der Waals surface area contributed by atoms with Crippen LogP contribution in [0.5, 0.6) is 5.75 Å². The lowest BCUT2D eigenvalue weighted by Crippen LogP contribution is -2.18. The van der Waals surface area contributed by atoms with E-state index in [1.165, 1.54) is 0 Å². The molecule has 1 N–H and O–H groups in total. The van der Waals surface area contributed by atoms with Crippen LogP contribution in [0.2, 0.25) is 0 Å². The van der Waals surface area contributed by atoms with Gasteiger partial charge in [0, 0.05) is 17.5 Å². The molecule has 1 aromatic carbocycles. The topological polar surface area (TPSA) is 60.2 Å². The number of para-hydroxylation sites is 1. The van der Waals surface area contributed by atoms with Crippen LogP contribution in [-0.2, 0) is 0 Å². The Kier molecular flexibility index (Phi) is 2.89. The predicted molar refractivity (Wildman–Crippen MR) is 81.8 cm³/mol. The predicted octanol–water partition coefficient (Wildman–Crippen LogP) is 3.58. The van der Waals surface area contributed by atoms with Crippen molar-refractivity contribution in [2.45, 2.75) is 6.92 Å². The fraction of sp³-hybridized carbons (Fsp3) is 0.200. The monoisotopic (exact) mass is 299 g/mol. The minimum absolute atomic E-state index is 0.483. The third kappa shape index (κ3) is 2.08. The Balaban J connectivity index is 1.78. The lowest BCUT2D eigenvalue weighted by atomic mass is 10.1. The van der Waals surface area contributed by atoms with E-state index in [0.717, 1.165) is 34.7 Å². The standard InChI is InChI=1S/C15H13N3O2S/c1-9-7-21-8-11(9)14-17-15(20-18-14)10-3-2-4-12-13(10)19-6-5-16-12/h2-4,7-8,16H,5-6H2,1H3. The summed E-state index contributed by atoms with van der Waals surface area (Å²) in [4.78, 5) is 4.51. The Morgan fingerprint density at radius 1 is 1.24 bits per heavy atom. The number of ether oxygens (including phenoxy) is 1. The number of thiophene rings is 1. The van der Waals surface area contributed by atoms with E-state index in [1.54, 1.807) is 11.3 Å². The molecule has 0 unspecified atom stereocenters. The molecule has 0 atom stereocenters. The number of fused-ring (bicyclic) bond motifs is 1. The summed E-state index contributed by atoms with van der Waals surface area (Å²) in [6, 6.07) is 5.87. The van der Waals surface area contributed by atoms with Gasteiger partial charge in [-0.2, -0.15) is 16.3 Å². The first-order chi connectivity index (χ1) is 10.3. The SMILES string of the molecule is Cc1cscc1-c1noc(-c2cccc3c2OCCN3)n1. The van der Waals surface area contributed by atoms with E-state index in [2.05, 4.69) is 20.8 Å². The molecule has 0 fully saturated rings. The molecule has 106 valence electrons. The average molecular weight is 299 g/mol. The Labute approximate surface area is 125 Å². The Morgan fingerprint density at radius 3 is 3.05 bits per heavy atom. The first-order valence-electron chi connectivity index (χ1n) is 6.70. The van der Waals surface area contributed by atoms with Gasteiger partial charge in [0.05, 0.1) is 11.3 Å². The second-order valence-electron chi connectivity index (χ2n) is 4.85. The van der Waals surface area contributed by atoms with Gasteiger partial charge < -0.3 is 14.6 Å². The molecular weight excluding hydrogens is 286 g/mol. The number of nitrogens with one attached hydrogen (secondary N) is 1. The van der Waals surface area contributed by atoms with Crippen molar-refractivity contribution in [3.8, 4) is 28.6 Å². The highest BCUT2D eigenvalue weighted by atomic mass is 32.1. The van der Waals surface area contributed by atoms with Gasteiger partial charge in [-0.1, -0.05) is 11.2 Å². The summed E-state index contributed by atoms with van der Waals surface area (Å²) in [5.41, 5.74) is 3.95. The molecule has 1 aliphatic heterocycles. The van der Waals surface area contributed by atoms with E-state index in [-0.39, 0.29) is 0 Å². The zero-order valence-electron chi connectivity index (χ0n) is 11.4. The molecule has 0 spiro atoms. The fourth-order valence-corrected chi connectivity index (χ4v) is 3.20. The number of rotatable bonds is 2. The van der Waals surface area contributed by atoms with Gasteiger partial charge >= 0.3 is 0 Å². The maximum atomic E-state index is 5.74. The molecule has 5 nitrogen and oxygen atoms in total. The molecule has 0 aliphatic carbocycles. The second kappa shape index (κ2) is 4.89. The molecule has 0 bridgehead atoms. The molecule has 6 heteroatoms. The largest absolute Gasteiger partial charge is 0.489 e. The Bertz CT molecular complexity index is 794. The summed E-state index contributed by atoms with van der Waals surface area (Å²) in [6.45, 7) is 3.48. The highest BCUT2D eigenvalue weighted by Crippen LogP contribution is 2.38. The van der Waals surface area contributed by atoms with Crippen LogP contribution < -0.4 is 10.1 Å². The van der Waals surface area contributed by atoms with Crippen LogP contribution in [0, 0.1) is 6.92 Å². The number of aromatic nitrogens is 2. The summed E-state index contributed by atoms with van der Waals surface area (Å²) in [5, 5.41) is 11.5. The van der Waals surface area contributed by atoms with Crippen LogP contribution >= 0.6 is 11.3 Å². The fourth-order valence-electron chi connectivity index (χ4n) is 2.37. The Morgan fingerprint density at radius 2 is 2.19 bits per heavy atom. The normalized spacial score (nSPS) is 13.4. The first kappa shape index (κ1) is 12.4. The first-order valence-corrected chi connectivity index (χ1v) is 7.64. The molecule has 3 aromatic rings. The van der Waals surface area contributed by atoms with Crippen LogP contribution in [0.3, 0.4) is 0 Å². The summed E-state index contributed by atoms with van der Waals surface area (Å²) in [7, 11) is 0. The maximum absolute atomic E-state index is 5.74. The van der Waals surface area contributed by atoms with Crippen molar-refractivity contribution in [1.82, 2.24) is 10.1 Å². The van der Waals surface area contributed by atoms with Gasteiger partial charge in [0.15, 0.2) is 5.75 Å². The lowest BCUT2D eigenvalue weighted by Gasteiger charge is -2.20. The molecule has 0 saturated heterocycles. The van der Waals surface area contributed by atoms with E-state index in [0.29, 0.717) is 18.3 Å². The van der Waals surface area contributed by atoms with Gasteiger partial charge in [0.1, 0.15) is 6.61 Å². The van der Waals surface area contributed by atoms with Gasteiger partial charge in [-0.05, 0) is 30.0 Å². The third-order valence-electron chi connectivity index (χ3n) is 3.43. The highest BCUT2D eigenvalue weighted by Gasteiger charge is 2.20. The van der Waals surface area contributed by atoms with Gasteiger partial charge in [-0.3, -0.25) is 0 Å². The van der Waals surface area contributed by atoms with E-state index in [1.807, 2.05) is 30.5 Å². The van der Waals surface area contributed by atoms with Crippen LogP contribution in [0.1, 0.15) is 5.56 Å². The van der Waals surface area contributed by atoms with Crippen LogP contribution in [0.25, 0.3) is 22.8 Å². The Hall–Kier alpha value is -2.34. The quantitative estimate of drug-likeness (QED) is 0.783. The van der Waals surface area contributed by atoms with Crippen molar-refractivity contribution in [2.24, 2.45) is 0 Å². The molecule has 2 aromatic heterocycles. The van der Waals surface area contributed by atoms with Gasteiger partial charge in [0.2, 0.25) is 5.82 Å². The van der Waals surface area contributed by atoms with Crippen molar-refractivity contribution in [2.75, 3.05) is 18.5 Å². The van der Waals surface area contributed by atoms with Crippen LogP contribution in [0.4, 0.5) is 5.69 Å². The van der Waals surface area contributed by atoms with E-state index in [9.17, 15) is 0 Å². The molecule has 0 radical (unpaired) electrons. The molecular formula is C15H13N3O2S. The zero-order valence-corrected chi connectivity index (χ0v) is 12.2. The summed E-state index contributed by atoms with van der Waals surface area (Å²) in [5.74, 6) is 1.88. The van der Waals surface area contributed by atoms with Crippen molar-refractivity contribution in [3.05, 3.63) is 34.5 Å². The highest BCUT2D eigenvalue weighted by molar-refractivity contribution is 7.08. The molecule has 1 aliphatic rings. The number of anilines is 1. The van der Waals surface area contributed by atoms with E-state index in [4.69, 9.17) is 9.26 Å². The van der Waals surface area contributed by atoms with Crippen molar-refractivity contribution in [3.63, 3.8) is 0 Å². The van der Waals surface area contributed by atoms with Crippen molar-refractivity contribution >= 4 is 17.0 Å². The van der Waals surface area contributed by atoms with Crippen LogP contribution in [0.15, 0.2) is 33.5 Å². The zero-order chi connectivity index (χ0) is 14.2. The number of hydrogen-bond donors (Lipinski definition) is 1. The minimum Gasteiger partial charge on any atom is -0.489 e. The van der Waals surface area contributed by atoms with Gasteiger partial charge in [-0.15, -0.1) is 0 Å². The molecule has 3 heterocycles.